The lowest BCUT2D eigenvalue weighted by molar-refractivity contribution is -0.332. The van der Waals surface area contributed by atoms with Gasteiger partial charge in [-0.05, 0) is 109 Å². The Morgan fingerprint density at radius 2 is 0.836 bits per heavy atom. The molecule has 412 valence electrons. The number of aliphatic hydroxyl groups excluding tert-OH is 7. The second-order valence-electron chi connectivity index (χ2n) is 17.9. The highest BCUT2D eigenvalue weighted by Crippen LogP contribution is 2.26. The van der Waals surface area contributed by atoms with Crippen LogP contribution in [0.2, 0.25) is 0 Å². The SMILES string of the molecule is CC/C=C\C/C=C\C/C=C\C/C=C\C/C=C\C/C=C\CCCCC(=O)OC(COCCCC/C=C\C/C=C\C/C=C\C/C=C\C/C=C\CC)COC1OC(COC2OC(CO)C(O)C(O)C2O)C(O)C(O)C1O. The van der Waals surface area contributed by atoms with Crippen LogP contribution in [0.4, 0.5) is 0 Å². The third kappa shape index (κ3) is 31.6. The van der Waals surface area contributed by atoms with Gasteiger partial charge in [0.05, 0.1) is 26.4 Å². The number of rotatable bonds is 40. The van der Waals surface area contributed by atoms with E-state index in [1.165, 1.54) is 0 Å². The molecule has 11 unspecified atom stereocenters. The molecule has 0 aromatic rings. The van der Waals surface area contributed by atoms with Gasteiger partial charge in [0, 0.05) is 13.0 Å². The van der Waals surface area contributed by atoms with Crippen molar-refractivity contribution in [2.45, 2.75) is 197 Å². The highest BCUT2D eigenvalue weighted by atomic mass is 16.7. The third-order valence-corrected chi connectivity index (χ3v) is 11.7. The molecule has 2 heterocycles. The van der Waals surface area contributed by atoms with Crippen LogP contribution in [0.1, 0.15) is 129 Å². The Kier molecular flexibility index (Phi) is 39.7. The topological polar surface area (TPSA) is 214 Å². The van der Waals surface area contributed by atoms with E-state index in [2.05, 4.69) is 148 Å². The van der Waals surface area contributed by atoms with Crippen molar-refractivity contribution in [2.75, 3.05) is 33.0 Å². The molecule has 73 heavy (non-hydrogen) atoms. The van der Waals surface area contributed by atoms with Gasteiger partial charge in [-0.2, -0.15) is 0 Å². The van der Waals surface area contributed by atoms with Gasteiger partial charge in [-0.25, -0.2) is 0 Å². The van der Waals surface area contributed by atoms with E-state index in [9.17, 15) is 40.5 Å². The lowest BCUT2D eigenvalue weighted by Gasteiger charge is -2.42. The number of carbonyl (C=O) groups excluding carboxylic acids is 1. The molecular formula is C59H92O14. The first-order valence-corrected chi connectivity index (χ1v) is 26.8. The monoisotopic (exact) mass is 1020 g/mol. The number of unbranched alkanes of at least 4 members (excludes halogenated alkanes) is 4. The fourth-order valence-electron chi connectivity index (χ4n) is 7.37. The van der Waals surface area contributed by atoms with E-state index in [1.807, 2.05) is 0 Å². The van der Waals surface area contributed by atoms with Gasteiger partial charge in [0.15, 0.2) is 12.6 Å². The van der Waals surface area contributed by atoms with Crippen LogP contribution in [0.3, 0.4) is 0 Å². The minimum Gasteiger partial charge on any atom is -0.457 e. The fraction of sp³-hybridized carbons (Fsp3) is 0.610. The maximum absolute atomic E-state index is 13.0. The number of aliphatic hydroxyl groups is 7. The molecule has 2 fully saturated rings. The smallest absolute Gasteiger partial charge is 0.306 e. The second kappa shape index (κ2) is 44.4. The summed E-state index contributed by atoms with van der Waals surface area (Å²) in [4.78, 5) is 13.0. The number of ether oxygens (including phenoxy) is 6. The summed E-state index contributed by atoms with van der Waals surface area (Å²) in [6, 6.07) is 0. The van der Waals surface area contributed by atoms with Crippen molar-refractivity contribution in [2.24, 2.45) is 0 Å². The average molecular weight is 1030 g/mol. The molecule has 11 atom stereocenters. The predicted molar refractivity (Wildman–Crippen MR) is 288 cm³/mol. The molecule has 0 aromatic carbocycles. The molecule has 14 nitrogen and oxygen atoms in total. The van der Waals surface area contributed by atoms with Crippen molar-refractivity contribution in [3.05, 3.63) is 134 Å². The Bertz CT molecular complexity index is 1710. The number of carbonyl (C=O) groups is 1. The quantitative estimate of drug-likeness (QED) is 0.0174. The first kappa shape index (κ1) is 65.2. The molecule has 14 heteroatoms. The summed E-state index contributed by atoms with van der Waals surface area (Å²) in [5.41, 5.74) is 0. The molecule has 2 rings (SSSR count). The summed E-state index contributed by atoms with van der Waals surface area (Å²) in [5, 5.41) is 72.2. The standard InChI is InChI=1S/C59H92O14/c1-3-5-7-9-11-13-15-17-19-21-23-24-25-26-28-30-32-34-36-38-40-42-51(61)71-48(45-68-43-41-39-37-35-33-31-29-27-22-20-18-16-14-12-10-8-6-4-2)46-69-58-57(67)55(65)53(63)50(73-58)47-70-59-56(66)54(64)52(62)49(44-60)72-59/h5-8,11-14,17-20,23-24,26-29,32-35,48-50,52-60,62-67H,3-4,9-10,15-16,21-22,25,30-31,36-47H2,1-2H3/b7-5-,8-6-,13-11-,14-12-,19-17-,20-18-,24-23-,28-26-,29-27-,34-32-,35-33-. The number of allylic oxidation sites excluding steroid dienone is 22. The predicted octanol–water partition coefficient (Wildman–Crippen LogP) is 8.74. The van der Waals surface area contributed by atoms with E-state index in [-0.39, 0.29) is 19.6 Å². The lowest BCUT2D eigenvalue weighted by Crippen LogP contribution is -2.61. The summed E-state index contributed by atoms with van der Waals surface area (Å²) >= 11 is 0. The molecule has 0 bridgehead atoms. The van der Waals surface area contributed by atoms with E-state index in [0.717, 1.165) is 103 Å². The summed E-state index contributed by atoms with van der Waals surface area (Å²) in [5.74, 6) is -0.440. The Morgan fingerprint density at radius 3 is 1.27 bits per heavy atom. The Balaban J connectivity index is 1.81. The van der Waals surface area contributed by atoms with Gasteiger partial charge in [-0.1, -0.05) is 148 Å². The van der Waals surface area contributed by atoms with Gasteiger partial charge < -0.3 is 64.2 Å². The van der Waals surface area contributed by atoms with Crippen molar-refractivity contribution in [1.82, 2.24) is 0 Å². The Hall–Kier alpha value is -3.87. The maximum atomic E-state index is 13.0. The summed E-state index contributed by atoms with van der Waals surface area (Å²) < 4.78 is 34.2. The Labute approximate surface area is 437 Å². The van der Waals surface area contributed by atoms with Crippen LogP contribution in [0.25, 0.3) is 0 Å². The minimum absolute atomic E-state index is 0.00356. The molecule has 0 amide bonds. The van der Waals surface area contributed by atoms with Crippen LogP contribution in [-0.2, 0) is 33.2 Å². The van der Waals surface area contributed by atoms with Gasteiger partial charge in [0.2, 0.25) is 0 Å². The van der Waals surface area contributed by atoms with E-state index >= 15 is 0 Å². The molecule has 0 aliphatic carbocycles. The van der Waals surface area contributed by atoms with Crippen LogP contribution in [-0.4, -0.2) is 142 Å². The number of esters is 1. The molecule has 2 aliphatic rings. The van der Waals surface area contributed by atoms with Gasteiger partial charge in [0.1, 0.15) is 54.9 Å². The van der Waals surface area contributed by atoms with Crippen molar-refractivity contribution in [3.8, 4) is 0 Å². The minimum atomic E-state index is -1.73. The van der Waals surface area contributed by atoms with Gasteiger partial charge in [0.25, 0.3) is 0 Å². The van der Waals surface area contributed by atoms with E-state index in [1.54, 1.807) is 0 Å². The molecule has 0 radical (unpaired) electrons. The largest absolute Gasteiger partial charge is 0.457 e. The molecule has 0 aromatic heterocycles. The van der Waals surface area contributed by atoms with E-state index < -0.39 is 86.7 Å². The zero-order valence-corrected chi connectivity index (χ0v) is 43.8. The molecule has 0 spiro atoms. The van der Waals surface area contributed by atoms with Crippen LogP contribution in [0.5, 0.6) is 0 Å². The van der Waals surface area contributed by atoms with Crippen molar-refractivity contribution >= 4 is 5.97 Å². The molecule has 2 saturated heterocycles. The zero-order chi connectivity index (χ0) is 53.0. The Morgan fingerprint density at radius 1 is 0.452 bits per heavy atom. The van der Waals surface area contributed by atoms with Crippen molar-refractivity contribution < 1.29 is 69.0 Å². The third-order valence-electron chi connectivity index (χ3n) is 11.7. The molecule has 0 saturated carbocycles. The maximum Gasteiger partial charge on any atom is 0.306 e. The van der Waals surface area contributed by atoms with Gasteiger partial charge in [-0.15, -0.1) is 0 Å². The van der Waals surface area contributed by atoms with E-state index in [4.69, 9.17) is 28.4 Å². The summed E-state index contributed by atoms with van der Waals surface area (Å²) in [6.07, 6.45) is 46.6. The summed E-state index contributed by atoms with van der Waals surface area (Å²) in [6.45, 7) is 3.24. The highest BCUT2D eigenvalue weighted by molar-refractivity contribution is 5.69. The highest BCUT2D eigenvalue weighted by Gasteiger charge is 2.47. The zero-order valence-electron chi connectivity index (χ0n) is 43.8. The van der Waals surface area contributed by atoms with E-state index in [0.29, 0.717) is 13.0 Å². The first-order valence-electron chi connectivity index (χ1n) is 26.8. The summed E-state index contributed by atoms with van der Waals surface area (Å²) in [7, 11) is 0. The molecule has 7 N–H and O–H groups in total. The van der Waals surface area contributed by atoms with Crippen LogP contribution in [0, 0.1) is 0 Å². The number of hydrogen-bond donors (Lipinski definition) is 7. The lowest BCUT2D eigenvalue weighted by atomic mass is 9.98. The van der Waals surface area contributed by atoms with Crippen LogP contribution < -0.4 is 0 Å². The molecular weight excluding hydrogens is 933 g/mol. The van der Waals surface area contributed by atoms with Crippen LogP contribution >= 0.6 is 0 Å². The van der Waals surface area contributed by atoms with Gasteiger partial charge >= 0.3 is 5.97 Å². The van der Waals surface area contributed by atoms with Gasteiger partial charge in [-0.3, -0.25) is 4.79 Å². The number of hydrogen-bond acceptors (Lipinski definition) is 14. The second-order valence-corrected chi connectivity index (χ2v) is 17.9. The fourth-order valence-corrected chi connectivity index (χ4v) is 7.37. The molecule has 2 aliphatic heterocycles. The van der Waals surface area contributed by atoms with Crippen molar-refractivity contribution in [1.29, 1.82) is 0 Å². The van der Waals surface area contributed by atoms with Crippen LogP contribution in [0.15, 0.2) is 134 Å². The first-order chi connectivity index (χ1) is 35.6. The van der Waals surface area contributed by atoms with Crippen molar-refractivity contribution in [3.63, 3.8) is 0 Å². The normalized spacial score (nSPS) is 26.0. The average Bonchev–Trinajstić information content (AvgIpc) is 3.39.